The van der Waals surface area contributed by atoms with E-state index in [2.05, 4.69) is 182 Å². The van der Waals surface area contributed by atoms with Crippen molar-refractivity contribution in [2.75, 3.05) is 0 Å². The first-order valence-corrected chi connectivity index (χ1v) is 24.9. The lowest BCUT2D eigenvalue weighted by atomic mass is 9.34. The predicted molar refractivity (Wildman–Crippen MR) is 282 cm³/mol. The van der Waals surface area contributed by atoms with E-state index < -0.39 is 0 Å². The molecule has 0 amide bonds. The van der Waals surface area contributed by atoms with E-state index in [1.807, 2.05) is 57.4 Å². The van der Waals surface area contributed by atoms with Crippen LogP contribution in [0.3, 0.4) is 0 Å². The van der Waals surface area contributed by atoms with Gasteiger partial charge in [-0.2, -0.15) is 10.2 Å². The monoisotopic (exact) mass is 918 g/mol. The summed E-state index contributed by atoms with van der Waals surface area (Å²) in [4.78, 5) is 5.28. The topological polar surface area (TPSA) is 54.1 Å². The van der Waals surface area contributed by atoms with Gasteiger partial charge in [-0.25, -0.2) is 9.36 Å². The molecule has 322 valence electrons. The number of hydrogen-bond acceptors (Lipinski definition) is 6. The Morgan fingerprint density at radius 2 is 0.957 bits per heavy atom. The lowest BCUT2D eigenvalue weighted by molar-refractivity contribution is 0.464. The fourth-order valence-corrected chi connectivity index (χ4v) is 13.3. The smallest absolute Gasteiger partial charge is 0.260 e. The Bertz CT molecular complexity index is 3830. The molecular formula is C59H36B2N4O2S2. The molecule has 2 aromatic heterocycles. The van der Waals surface area contributed by atoms with Crippen LogP contribution in [0.15, 0.2) is 226 Å². The van der Waals surface area contributed by atoms with Crippen LogP contribution in [-0.4, -0.2) is 33.0 Å². The number of hydrogen-bond donors (Lipinski definition) is 0. The summed E-state index contributed by atoms with van der Waals surface area (Å²) in [6.07, 6.45) is 13.8. The highest BCUT2D eigenvalue weighted by atomic mass is 32.2. The molecule has 0 spiro atoms. The van der Waals surface area contributed by atoms with Crippen LogP contribution in [0.2, 0.25) is 0 Å². The van der Waals surface area contributed by atoms with Gasteiger partial charge in [0.25, 0.3) is 6.71 Å². The predicted octanol–water partition coefficient (Wildman–Crippen LogP) is 10.4. The Kier molecular flexibility index (Phi) is 8.68. The van der Waals surface area contributed by atoms with Crippen molar-refractivity contribution in [3.8, 4) is 56.6 Å². The van der Waals surface area contributed by atoms with Crippen molar-refractivity contribution in [3.63, 3.8) is 0 Å². The second-order valence-corrected chi connectivity index (χ2v) is 20.3. The Hall–Kier alpha value is -7.91. The van der Waals surface area contributed by atoms with Crippen LogP contribution < -0.4 is 42.3 Å². The minimum absolute atomic E-state index is 0.0830. The first-order valence-electron chi connectivity index (χ1n) is 23.3. The fraction of sp³-hybridized carbons (Fsp3) is 0.0169. The van der Waals surface area contributed by atoms with Gasteiger partial charge >= 0.3 is 0 Å². The van der Waals surface area contributed by atoms with Crippen molar-refractivity contribution in [1.29, 1.82) is 0 Å². The molecule has 0 unspecified atom stereocenters. The molecular weight excluding hydrogens is 882 g/mol. The minimum atomic E-state index is -0.0830. The lowest BCUT2D eigenvalue weighted by Gasteiger charge is -2.33. The van der Waals surface area contributed by atoms with Gasteiger partial charge in [0.2, 0.25) is 6.71 Å². The van der Waals surface area contributed by atoms with Crippen molar-refractivity contribution < 1.29 is 9.47 Å². The van der Waals surface area contributed by atoms with Gasteiger partial charge in [0, 0.05) is 48.6 Å². The molecule has 0 N–H and O–H groups in total. The third-order valence-electron chi connectivity index (χ3n) is 14.2. The Labute approximate surface area is 408 Å². The molecule has 15 rings (SSSR count). The van der Waals surface area contributed by atoms with Crippen molar-refractivity contribution in [2.45, 2.75) is 26.0 Å². The maximum atomic E-state index is 6.66. The molecule has 0 fully saturated rings. The molecule has 69 heavy (non-hydrogen) atoms. The summed E-state index contributed by atoms with van der Waals surface area (Å²) < 4.78 is 17.2. The zero-order valence-corrected chi connectivity index (χ0v) is 38.5. The highest BCUT2D eigenvalue weighted by molar-refractivity contribution is 8.01. The van der Waals surface area contributed by atoms with E-state index in [-0.39, 0.29) is 13.4 Å². The molecule has 4 aliphatic heterocycles. The molecule has 1 aliphatic carbocycles. The van der Waals surface area contributed by atoms with Crippen molar-refractivity contribution in [1.82, 2.24) is 19.6 Å². The molecule has 6 heterocycles. The quantitative estimate of drug-likeness (QED) is 0.155. The number of fused-ring (bicyclic) bond motifs is 8. The van der Waals surface area contributed by atoms with E-state index in [0.29, 0.717) is 0 Å². The Balaban J connectivity index is 0.778. The molecule has 0 atom stereocenters. The van der Waals surface area contributed by atoms with Crippen LogP contribution in [0, 0.1) is 0 Å². The second-order valence-electron chi connectivity index (χ2n) is 18.2. The maximum absolute atomic E-state index is 6.66. The number of benzene rings is 8. The molecule has 10 heteroatoms. The molecule has 6 nitrogen and oxygen atoms in total. The summed E-state index contributed by atoms with van der Waals surface area (Å²) in [6.45, 7) is 0.0260. The van der Waals surface area contributed by atoms with Gasteiger partial charge < -0.3 is 9.47 Å². The van der Waals surface area contributed by atoms with E-state index in [9.17, 15) is 0 Å². The maximum Gasteiger partial charge on any atom is 0.260 e. The second kappa shape index (κ2) is 15.3. The van der Waals surface area contributed by atoms with Crippen molar-refractivity contribution >= 4 is 80.9 Å². The number of rotatable bonds is 6. The summed E-state index contributed by atoms with van der Waals surface area (Å²) in [7, 11) is 0. The van der Waals surface area contributed by atoms with Gasteiger partial charge in [-0.15, -0.1) is 0 Å². The molecule has 0 bridgehead atoms. The zero-order valence-electron chi connectivity index (χ0n) is 36.9. The molecule has 0 radical (unpaired) electrons. The largest absolute Gasteiger partial charge is 0.458 e. The minimum Gasteiger partial charge on any atom is -0.458 e. The zero-order chi connectivity index (χ0) is 45.2. The van der Waals surface area contributed by atoms with E-state index >= 15 is 0 Å². The normalized spacial score (nSPS) is 14.3. The average Bonchev–Trinajstić information content (AvgIpc) is 4.22. The van der Waals surface area contributed by atoms with E-state index in [4.69, 9.17) is 19.7 Å². The van der Waals surface area contributed by atoms with Gasteiger partial charge in [-0.1, -0.05) is 144 Å². The number of allylic oxidation sites excluding steroid dienone is 4. The van der Waals surface area contributed by atoms with Crippen molar-refractivity contribution in [3.05, 3.63) is 218 Å². The number of ether oxygens (including phenoxy) is 2. The van der Waals surface area contributed by atoms with Crippen LogP contribution in [0.25, 0.3) is 44.8 Å². The van der Waals surface area contributed by atoms with Gasteiger partial charge in [0.05, 0.1) is 23.8 Å². The summed E-state index contributed by atoms with van der Waals surface area (Å²) >= 11 is 3.78. The van der Waals surface area contributed by atoms with Gasteiger partial charge in [0.15, 0.2) is 0 Å². The molecule has 5 aliphatic rings. The fourth-order valence-electron chi connectivity index (χ4n) is 10.9. The SMILES string of the molecule is C1=C(c2ccc3c(c2)B2c4cc(-n5cc(-c6ccccc6)cn5)ccc4Oc4cccc(c42)O3)C=C(c2ccc3c(c2)B2c4cc(-n5cc(-c6ccccc6)cn5)ccc4Sc4cccc(c42)S3)C1. The molecule has 10 aromatic rings. The molecule has 0 saturated carbocycles. The van der Waals surface area contributed by atoms with Gasteiger partial charge in [-0.05, 0) is 129 Å². The first kappa shape index (κ1) is 39.1. The summed E-state index contributed by atoms with van der Waals surface area (Å²) in [5.74, 6) is 3.37. The summed E-state index contributed by atoms with van der Waals surface area (Å²) in [5, 5.41) is 9.64. The van der Waals surface area contributed by atoms with Crippen LogP contribution in [-0.2, 0) is 0 Å². The molecule has 8 aromatic carbocycles. The van der Waals surface area contributed by atoms with Crippen LogP contribution >= 0.6 is 23.5 Å². The highest BCUT2D eigenvalue weighted by Crippen LogP contribution is 2.41. The first-order chi connectivity index (χ1) is 34.1. The van der Waals surface area contributed by atoms with Crippen LogP contribution in [0.1, 0.15) is 17.5 Å². The van der Waals surface area contributed by atoms with Crippen LogP contribution in [0.5, 0.6) is 23.0 Å². The highest BCUT2D eigenvalue weighted by Gasteiger charge is 2.41. The van der Waals surface area contributed by atoms with Gasteiger partial charge in [0.1, 0.15) is 23.0 Å². The van der Waals surface area contributed by atoms with E-state index in [1.54, 1.807) is 0 Å². The number of nitrogens with zero attached hydrogens (tertiary/aromatic N) is 4. The van der Waals surface area contributed by atoms with E-state index in [1.165, 1.54) is 58.2 Å². The van der Waals surface area contributed by atoms with Gasteiger partial charge in [-0.3, -0.25) is 0 Å². The van der Waals surface area contributed by atoms with Crippen molar-refractivity contribution in [2.24, 2.45) is 0 Å². The third kappa shape index (κ3) is 6.32. The average molecular weight is 919 g/mol. The lowest BCUT2D eigenvalue weighted by Crippen LogP contribution is -2.58. The van der Waals surface area contributed by atoms with E-state index in [0.717, 1.165) is 79.4 Å². The summed E-state index contributed by atoms with van der Waals surface area (Å²) in [5.41, 5.74) is 18.9. The Morgan fingerprint density at radius 3 is 1.64 bits per heavy atom. The number of aromatic nitrogens is 4. The van der Waals surface area contributed by atoms with Crippen LogP contribution in [0.4, 0.5) is 0 Å². The molecule has 0 saturated heterocycles. The Morgan fingerprint density at radius 1 is 0.420 bits per heavy atom. The third-order valence-corrected chi connectivity index (χ3v) is 16.6. The summed E-state index contributed by atoms with van der Waals surface area (Å²) in [6, 6.07) is 60.9. The standard InChI is InChI=1S/C59H36B2N4O2S2/c1-3-9-36(10-4-1)42-32-62-64(34-42)44-21-24-51-47(30-44)60-46-28-40(19-23-50(46)66-52-13-7-14-53(67-51)58(52)60)38-17-18-39(27-38)41-20-25-54-48(29-41)61-49-31-45(65-35-43(33-63-65)37-11-5-2-6-12-37)22-26-55(49)69-57-16-8-15-56(68-54)59(57)61/h1-17,19-35H,18H2.